The van der Waals surface area contributed by atoms with E-state index in [1.54, 1.807) is 6.07 Å². The van der Waals surface area contributed by atoms with Crippen LogP contribution in [-0.4, -0.2) is 5.11 Å². The van der Waals surface area contributed by atoms with E-state index >= 15 is 0 Å². The highest BCUT2D eigenvalue weighted by molar-refractivity contribution is 5.88. The summed E-state index contributed by atoms with van der Waals surface area (Å²) in [6.07, 6.45) is 8.04. The first-order valence-corrected chi connectivity index (χ1v) is 12.5. The quantitative estimate of drug-likeness (QED) is 0.228. The van der Waals surface area contributed by atoms with Crippen LogP contribution in [0.5, 0.6) is 17.2 Å². The fourth-order valence-electron chi connectivity index (χ4n) is 5.14. The number of hydrogen-bond acceptors (Lipinski definition) is 2. The van der Waals surface area contributed by atoms with Crippen molar-refractivity contribution in [2.24, 2.45) is 0 Å². The van der Waals surface area contributed by atoms with E-state index in [0.717, 1.165) is 30.6 Å². The largest absolute Gasteiger partial charge is 0.504 e. The van der Waals surface area contributed by atoms with E-state index in [1.807, 2.05) is 30.3 Å². The molecule has 0 atom stereocenters. The van der Waals surface area contributed by atoms with Crippen molar-refractivity contribution in [3.8, 4) is 39.5 Å². The van der Waals surface area contributed by atoms with Crippen LogP contribution in [0.1, 0.15) is 55.7 Å². The van der Waals surface area contributed by atoms with Crippen LogP contribution in [0.15, 0.2) is 84.9 Å². The summed E-state index contributed by atoms with van der Waals surface area (Å²) in [5.74, 6) is 1.47. The molecule has 0 saturated heterocycles. The molecule has 5 rings (SSSR count). The number of aryl methyl sites for hydroxylation is 1. The van der Waals surface area contributed by atoms with Crippen molar-refractivity contribution in [1.29, 1.82) is 0 Å². The minimum atomic E-state index is 0.182. The summed E-state index contributed by atoms with van der Waals surface area (Å²) < 4.78 is 6.37. The number of benzene rings is 4. The van der Waals surface area contributed by atoms with Crippen molar-refractivity contribution in [2.75, 3.05) is 0 Å². The second kappa shape index (κ2) is 10.2. The fourth-order valence-corrected chi connectivity index (χ4v) is 5.14. The number of phenolic OH excluding ortho intramolecular Hbond substituents is 1. The Morgan fingerprint density at radius 2 is 1.44 bits per heavy atom. The number of hydrogen-bond donors (Lipinski definition) is 1. The van der Waals surface area contributed by atoms with Crippen LogP contribution < -0.4 is 4.74 Å². The van der Waals surface area contributed by atoms with Crippen molar-refractivity contribution < 1.29 is 9.84 Å². The predicted octanol–water partition coefficient (Wildman–Crippen LogP) is 8.94. The van der Waals surface area contributed by atoms with Crippen molar-refractivity contribution >= 4 is 0 Å². The first-order chi connectivity index (χ1) is 16.8. The topological polar surface area (TPSA) is 29.5 Å². The van der Waals surface area contributed by atoms with Gasteiger partial charge in [0.05, 0.1) is 0 Å². The van der Waals surface area contributed by atoms with Gasteiger partial charge in [0.2, 0.25) is 0 Å². The van der Waals surface area contributed by atoms with Gasteiger partial charge in [-0.2, -0.15) is 0 Å². The first kappa shape index (κ1) is 22.3. The maximum absolute atomic E-state index is 11.0. The minimum absolute atomic E-state index is 0.182. The van der Waals surface area contributed by atoms with Crippen LogP contribution >= 0.6 is 0 Å². The molecule has 4 aromatic rings. The Balaban J connectivity index is 1.61. The normalized spacial score (nSPS) is 11.8. The SMILES string of the molecule is CCCCCCCc1ccc(O)c(Oc2ccccc2)c1-c1cccc2c1Cc1ccccc1-2. The Hall–Kier alpha value is -3.52. The molecule has 1 aliphatic carbocycles. The summed E-state index contributed by atoms with van der Waals surface area (Å²) >= 11 is 0. The van der Waals surface area contributed by atoms with E-state index < -0.39 is 0 Å². The van der Waals surface area contributed by atoms with Gasteiger partial charge in [0, 0.05) is 5.56 Å². The van der Waals surface area contributed by atoms with Gasteiger partial charge in [-0.3, -0.25) is 0 Å². The van der Waals surface area contributed by atoms with Gasteiger partial charge in [-0.15, -0.1) is 0 Å². The van der Waals surface area contributed by atoms with Gasteiger partial charge in [0.25, 0.3) is 0 Å². The lowest BCUT2D eigenvalue weighted by atomic mass is 9.89. The molecule has 1 N–H and O–H groups in total. The maximum atomic E-state index is 11.0. The van der Waals surface area contributed by atoms with Crippen LogP contribution in [0.25, 0.3) is 22.3 Å². The summed E-state index contributed by atoms with van der Waals surface area (Å²) in [6.45, 7) is 2.25. The molecule has 0 fully saturated rings. The molecular weight excluding hydrogens is 416 g/mol. The van der Waals surface area contributed by atoms with Crippen molar-refractivity contribution in [1.82, 2.24) is 0 Å². The average molecular weight is 449 g/mol. The number of fused-ring (bicyclic) bond motifs is 3. The fraction of sp³-hybridized carbons (Fsp3) is 0.250. The second-order valence-electron chi connectivity index (χ2n) is 9.19. The van der Waals surface area contributed by atoms with E-state index in [9.17, 15) is 5.11 Å². The van der Waals surface area contributed by atoms with Crippen molar-refractivity contribution in [3.05, 3.63) is 102 Å². The van der Waals surface area contributed by atoms with E-state index in [2.05, 4.69) is 55.5 Å². The minimum Gasteiger partial charge on any atom is -0.504 e. The third kappa shape index (κ3) is 4.46. The summed E-state index contributed by atoms with van der Waals surface area (Å²) in [6, 6.07) is 28.8. The molecule has 0 spiro atoms. The lowest BCUT2D eigenvalue weighted by Crippen LogP contribution is -1.99. The van der Waals surface area contributed by atoms with Gasteiger partial charge in [0.1, 0.15) is 5.75 Å². The summed E-state index contributed by atoms with van der Waals surface area (Å²) in [7, 11) is 0. The molecule has 34 heavy (non-hydrogen) atoms. The molecule has 0 saturated carbocycles. The lowest BCUT2D eigenvalue weighted by Gasteiger charge is -2.19. The van der Waals surface area contributed by atoms with Crippen LogP contribution in [0.4, 0.5) is 0 Å². The van der Waals surface area contributed by atoms with Crippen LogP contribution in [0, 0.1) is 0 Å². The monoisotopic (exact) mass is 448 g/mol. The van der Waals surface area contributed by atoms with E-state index in [-0.39, 0.29) is 5.75 Å². The molecule has 1 aliphatic rings. The van der Waals surface area contributed by atoms with E-state index in [0.29, 0.717) is 5.75 Å². The Morgan fingerprint density at radius 1 is 0.706 bits per heavy atom. The highest BCUT2D eigenvalue weighted by Crippen LogP contribution is 2.48. The molecular formula is C32H32O2. The van der Waals surface area contributed by atoms with Crippen molar-refractivity contribution in [2.45, 2.75) is 51.9 Å². The molecule has 0 unspecified atom stereocenters. The molecule has 172 valence electrons. The van der Waals surface area contributed by atoms with Gasteiger partial charge in [-0.05, 0) is 70.8 Å². The highest BCUT2D eigenvalue weighted by Gasteiger charge is 2.25. The predicted molar refractivity (Wildman–Crippen MR) is 141 cm³/mol. The first-order valence-electron chi connectivity index (χ1n) is 12.5. The zero-order valence-corrected chi connectivity index (χ0v) is 19.9. The van der Waals surface area contributed by atoms with Crippen molar-refractivity contribution in [3.63, 3.8) is 0 Å². The third-order valence-electron chi connectivity index (χ3n) is 6.86. The molecule has 2 heteroatoms. The zero-order valence-electron chi connectivity index (χ0n) is 19.9. The summed E-state index contributed by atoms with van der Waals surface area (Å²) in [5, 5.41) is 11.0. The average Bonchev–Trinajstić information content (AvgIpc) is 3.25. The Morgan fingerprint density at radius 3 is 2.29 bits per heavy atom. The Labute approximate surface area is 202 Å². The third-order valence-corrected chi connectivity index (χ3v) is 6.86. The van der Waals surface area contributed by atoms with E-state index in [1.165, 1.54) is 59.1 Å². The maximum Gasteiger partial charge on any atom is 0.177 e. The highest BCUT2D eigenvalue weighted by atomic mass is 16.5. The number of aromatic hydroxyl groups is 1. The van der Waals surface area contributed by atoms with Crippen LogP contribution in [0.2, 0.25) is 0 Å². The zero-order chi connectivity index (χ0) is 23.3. The molecule has 0 aromatic heterocycles. The van der Waals surface area contributed by atoms with Gasteiger partial charge in [-0.1, -0.05) is 99.3 Å². The number of ether oxygens (including phenoxy) is 1. The number of para-hydroxylation sites is 1. The molecule has 4 aromatic carbocycles. The Bertz CT molecular complexity index is 1270. The number of unbranched alkanes of at least 4 members (excludes halogenated alkanes) is 4. The van der Waals surface area contributed by atoms with Gasteiger partial charge < -0.3 is 9.84 Å². The molecule has 0 aliphatic heterocycles. The second-order valence-corrected chi connectivity index (χ2v) is 9.19. The van der Waals surface area contributed by atoms with E-state index in [4.69, 9.17) is 4.74 Å². The van der Waals surface area contributed by atoms with Gasteiger partial charge >= 0.3 is 0 Å². The molecule has 0 amide bonds. The Kier molecular flexibility index (Phi) is 6.67. The lowest BCUT2D eigenvalue weighted by molar-refractivity contribution is 0.412. The summed E-state index contributed by atoms with van der Waals surface area (Å²) in [5.41, 5.74) is 8.71. The molecule has 0 radical (unpaired) electrons. The van der Waals surface area contributed by atoms with Crippen LogP contribution in [0.3, 0.4) is 0 Å². The molecule has 2 nitrogen and oxygen atoms in total. The molecule has 0 heterocycles. The number of phenols is 1. The van der Waals surface area contributed by atoms with Crippen LogP contribution in [-0.2, 0) is 12.8 Å². The number of rotatable bonds is 9. The van der Waals surface area contributed by atoms with Gasteiger partial charge in [-0.25, -0.2) is 0 Å². The molecule has 0 bridgehead atoms. The summed E-state index contributed by atoms with van der Waals surface area (Å²) in [4.78, 5) is 0. The van der Waals surface area contributed by atoms with Gasteiger partial charge in [0.15, 0.2) is 11.5 Å². The standard InChI is InChI=1S/C32H32O2/c1-2-3-4-5-7-13-23-20-21-30(33)32(34-25-15-8-6-9-16-25)31(23)28-19-12-18-27-26-17-11-10-14-24(26)22-29(27)28/h6,8-12,14-21,33H,2-5,7,13,22H2,1H3. The smallest absolute Gasteiger partial charge is 0.177 e.